The molecule has 0 aliphatic rings. The van der Waals surface area contributed by atoms with Gasteiger partial charge in [0.25, 0.3) is 0 Å². The number of unbranched alkanes of at least 4 members (excludes halogenated alkanes) is 20. The molecule has 2 heteroatoms. The first-order valence-corrected chi connectivity index (χ1v) is 15.7. The molecule has 0 N–H and O–H groups in total. The summed E-state index contributed by atoms with van der Waals surface area (Å²) in [5.74, 6) is 1.02. The van der Waals surface area contributed by atoms with Gasteiger partial charge >= 0.3 is 0 Å². The third-order valence-electron chi connectivity index (χ3n) is 7.39. The Balaban J connectivity index is 1.95. The van der Waals surface area contributed by atoms with Crippen LogP contribution in [0.4, 0.5) is 5.69 Å². The second-order valence-electron chi connectivity index (χ2n) is 10.8. The molecule has 1 aromatic rings. The van der Waals surface area contributed by atoms with Gasteiger partial charge in [0, 0.05) is 19.3 Å². The van der Waals surface area contributed by atoms with Crippen LogP contribution >= 0.6 is 0 Å². The zero-order valence-electron chi connectivity index (χ0n) is 24.1. The van der Waals surface area contributed by atoms with Gasteiger partial charge in [0.2, 0.25) is 0 Å². The molecule has 0 heterocycles. The zero-order chi connectivity index (χ0) is 25.2. The first-order valence-electron chi connectivity index (χ1n) is 15.7. The van der Waals surface area contributed by atoms with E-state index < -0.39 is 0 Å². The highest BCUT2D eigenvalue weighted by molar-refractivity contribution is 5.48. The van der Waals surface area contributed by atoms with Gasteiger partial charge in [-0.2, -0.15) is 0 Å². The normalized spacial score (nSPS) is 11.2. The highest BCUT2D eigenvalue weighted by atomic mass is 16.5. The average Bonchev–Trinajstić information content (AvgIpc) is 2.88. The predicted molar refractivity (Wildman–Crippen MR) is 158 cm³/mol. The molecule has 0 amide bonds. The average molecular weight is 488 g/mol. The first kappa shape index (κ1) is 31.8. The number of anilines is 1. The molecular formula is C33H61NO. The number of benzene rings is 1. The standard InChI is InChI=1S/C33H61NO/c1-4-6-8-10-12-14-16-18-20-22-24-30-34(3)32-26-28-33(29-27-32)35-31-25-23-21-19-17-15-13-11-9-7-5-2/h26-29H,4-25,30-31H2,1-3H3. The first-order chi connectivity index (χ1) is 17.3. The van der Waals surface area contributed by atoms with Gasteiger partial charge in [0.1, 0.15) is 5.75 Å². The van der Waals surface area contributed by atoms with Gasteiger partial charge in [-0.05, 0) is 37.1 Å². The lowest BCUT2D eigenvalue weighted by Crippen LogP contribution is -2.18. The molecule has 35 heavy (non-hydrogen) atoms. The van der Waals surface area contributed by atoms with E-state index in [1.165, 1.54) is 147 Å². The molecule has 0 aliphatic heterocycles. The van der Waals surface area contributed by atoms with E-state index in [1.807, 2.05) is 0 Å². The van der Waals surface area contributed by atoms with Crippen LogP contribution in [-0.4, -0.2) is 20.2 Å². The van der Waals surface area contributed by atoms with Gasteiger partial charge in [0.05, 0.1) is 6.61 Å². The van der Waals surface area contributed by atoms with Crippen LogP contribution in [0.2, 0.25) is 0 Å². The van der Waals surface area contributed by atoms with Crippen molar-refractivity contribution in [2.75, 3.05) is 25.1 Å². The molecule has 0 saturated carbocycles. The van der Waals surface area contributed by atoms with Crippen LogP contribution in [-0.2, 0) is 0 Å². The van der Waals surface area contributed by atoms with Crippen molar-refractivity contribution in [2.45, 2.75) is 155 Å². The van der Waals surface area contributed by atoms with E-state index in [4.69, 9.17) is 4.74 Å². The number of rotatable bonds is 26. The van der Waals surface area contributed by atoms with Crippen LogP contribution in [0.25, 0.3) is 0 Å². The molecule has 0 unspecified atom stereocenters. The van der Waals surface area contributed by atoms with Crippen molar-refractivity contribution in [1.29, 1.82) is 0 Å². The Kier molecular flexibility index (Phi) is 22.3. The van der Waals surface area contributed by atoms with Gasteiger partial charge in [-0.15, -0.1) is 0 Å². The Morgan fingerprint density at radius 2 is 0.857 bits per heavy atom. The third kappa shape index (κ3) is 19.7. The van der Waals surface area contributed by atoms with E-state index in [1.54, 1.807) is 0 Å². The predicted octanol–water partition coefficient (Wildman–Crippen LogP) is 11.1. The van der Waals surface area contributed by atoms with Crippen molar-refractivity contribution >= 4 is 5.69 Å². The van der Waals surface area contributed by atoms with E-state index in [0.29, 0.717) is 0 Å². The quantitative estimate of drug-likeness (QED) is 0.120. The topological polar surface area (TPSA) is 12.5 Å². The Hall–Kier alpha value is -1.18. The summed E-state index contributed by atoms with van der Waals surface area (Å²) in [6.45, 7) is 6.58. The second-order valence-corrected chi connectivity index (χ2v) is 10.8. The molecule has 0 saturated heterocycles. The van der Waals surface area contributed by atoms with Gasteiger partial charge in [0.15, 0.2) is 0 Å². The lowest BCUT2D eigenvalue weighted by atomic mass is 10.1. The van der Waals surface area contributed by atoms with Crippen molar-refractivity contribution in [3.63, 3.8) is 0 Å². The van der Waals surface area contributed by atoms with Gasteiger partial charge < -0.3 is 9.64 Å². The summed E-state index contributed by atoms with van der Waals surface area (Å²) in [7, 11) is 2.22. The Morgan fingerprint density at radius 1 is 0.486 bits per heavy atom. The van der Waals surface area contributed by atoms with E-state index in [-0.39, 0.29) is 0 Å². The van der Waals surface area contributed by atoms with E-state index in [2.05, 4.69) is 50.1 Å². The zero-order valence-corrected chi connectivity index (χ0v) is 24.1. The molecule has 0 bridgehead atoms. The summed E-state index contributed by atoms with van der Waals surface area (Å²) in [5, 5.41) is 0. The minimum Gasteiger partial charge on any atom is -0.494 e. The van der Waals surface area contributed by atoms with Crippen LogP contribution in [0.5, 0.6) is 5.75 Å². The monoisotopic (exact) mass is 487 g/mol. The molecule has 1 rings (SSSR count). The summed E-state index contributed by atoms with van der Waals surface area (Å²) in [5.41, 5.74) is 1.30. The van der Waals surface area contributed by atoms with E-state index >= 15 is 0 Å². The number of hydrogen-bond donors (Lipinski definition) is 0. The molecule has 0 atom stereocenters. The molecule has 0 aromatic heterocycles. The Labute approximate surface area is 220 Å². The van der Waals surface area contributed by atoms with Crippen molar-refractivity contribution in [3.8, 4) is 5.75 Å². The SMILES string of the molecule is CCCCCCCCCCCCCOc1ccc(N(C)CCCCCCCCCCCCC)cc1. The maximum atomic E-state index is 5.98. The molecule has 0 spiro atoms. The molecule has 204 valence electrons. The molecule has 2 nitrogen and oxygen atoms in total. The molecular weight excluding hydrogens is 426 g/mol. The van der Waals surface area contributed by atoms with Crippen LogP contribution in [0.1, 0.15) is 155 Å². The number of ether oxygens (including phenoxy) is 1. The fraction of sp³-hybridized carbons (Fsp3) is 0.818. The minimum absolute atomic E-state index is 0.852. The second kappa shape index (κ2) is 24.5. The minimum atomic E-state index is 0.852. The summed E-state index contributed by atoms with van der Waals surface area (Å²) in [6.07, 6.45) is 30.6. The summed E-state index contributed by atoms with van der Waals surface area (Å²) in [6, 6.07) is 8.72. The molecule has 0 aliphatic carbocycles. The van der Waals surface area contributed by atoms with Gasteiger partial charge in [-0.3, -0.25) is 0 Å². The molecule has 1 aromatic carbocycles. The van der Waals surface area contributed by atoms with Crippen LogP contribution in [0, 0.1) is 0 Å². The Bertz CT molecular complexity index is 541. The van der Waals surface area contributed by atoms with E-state index in [9.17, 15) is 0 Å². The highest BCUT2D eigenvalue weighted by Gasteiger charge is 2.02. The number of nitrogens with zero attached hydrogens (tertiary/aromatic N) is 1. The third-order valence-corrected chi connectivity index (χ3v) is 7.39. The van der Waals surface area contributed by atoms with Crippen LogP contribution in [0.15, 0.2) is 24.3 Å². The maximum absolute atomic E-state index is 5.98. The lowest BCUT2D eigenvalue weighted by molar-refractivity contribution is 0.304. The largest absolute Gasteiger partial charge is 0.494 e. The maximum Gasteiger partial charge on any atom is 0.119 e. The Morgan fingerprint density at radius 3 is 1.29 bits per heavy atom. The fourth-order valence-electron chi connectivity index (χ4n) is 4.90. The van der Waals surface area contributed by atoms with Crippen molar-refractivity contribution in [2.24, 2.45) is 0 Å². The van der Waals surface area contributed by atoms with Crippen molar-refractivity contribution in [3.05, 3.63) is 24.3 Å². The molecule has 0 radical (unpaired) electrons. The molecule has 0 fully saturated rings. The van der Waals surface area contributed by atoms with Gasteiger partial charge in [-0.1, -0.05) is 142 Å². The van der Waals surface area contributed by atoms with E-state index in [0.717, 1.165) is 18.9 Å². The fourth-order valence-corrected chi connectivity index (χ4v) is 4.90. The lowest BCUT2D eigenvalue weighted by Gasteiger charge is -2.19. The number of hydrogen-bond acceptors (Lipinski definition) is 2. The smallest absolute Gasteiger partial charge is 0.119 e. The highest BCUT2D eigenvalue weighted by Crippen LogP contribution is 2.20. The summed E-state index contributed by atoms with van der Waals surface area (Å²) in [4.78, 5) is 2.39. The van der Waals surface area contributed by atoms with Crippen LogP contribution in [0.3, 0.4) is 0 Å². The summed E-state index contributed by atoms with van der Waals surface area (Å²) < 4.78 is 5.98. The summed E-state index contributed by atoms with van der Waals surface area (Å²) >= 11 is 0. The van der Waals surface area contributed by atoms with Gasteiger partial charge in [-0.25, -0.2) is 0 Å². The van der Waals surface area contributed by atoms with Crippen molar-refractivity contribution < 1.29 is 4.74 Å². The van der Waals surface area contributed by atoms with Crippen molar-refractivity contribution in [1.82, 2.24) is 0 Å². The van der Waals surface area contributed by atoms with Crippen LogP contribution < -0.4 is 9.64 Å².